The predicted octanol–water partition coefficient (Wildman–Crippen LogP) is -0.631. The van der Waals surface area contributed by atoms with E-state index < -0.39 is 18.2 Å². The topological polar surface area (TPSA) is 70.0 Å². The minimum Gasteiger partial charge on any atom is -0.463 e. The Balaban J connectivity index is 2.39. The third-order valence-corrected chi connectivity index (χ3v) is 2.56. The lowest BCUT2D eigenvalue weighted by Crippen LogP contribution is -2.48. The zero-order valence-electron chi connectivity index (χ0n) is 9.11. The molecule has 5 heteroatoms. The molecule has 1 fully saturated rings. The lowest BCUT2D eigenvalue weighted by Gasteiger charge is -2.29. The first-order valence-corrected chi connectivity index (χ1v) is 5.25. The predicted molar refractivity (Wildman–Crippen MR) is 54.3 cm³/mol. The molecule has 0 aromatic carbocycles. The number of β-amino-alcohol motifs (C(OH)–C–C–N with tert-alkyl or cyclic N) is 1. The number of esters is 1. The fraction of sp³-hybridized carbons (Fsp3) is 0.900. The van der Waals surface area contributed by atoms with Crippen LogP contribution in [0.1, 0.15) is 19.8 Å². The van der Waals surface area contributed by atoms with E-state index in [4.69, 9.17) is 9.84 Å². The molecule has 1 saturated heterocycles. The van der Waals surface area contributed by atoms with Crippen molar-refractivity contribution in [3.05, 3.63) is 0 Å². The van der Waals surface area contributed by atoms with Crippen molar-refractivity contribution in [3.63, 3.8) is 0 Å². The second-order valence-electron chi connectivity index (χ2n) is 4.15. The van der Waals surface area contributed by atoms with E-state index in [0.717, 1.165) is 25.9 Å². The van der Waals surface area contributed by atoms with E-state index in [-0.39, 0.29) is 6.61 Å². The van der Waals surface area contributed by atoms with E-state index in [2.05, 4.69) is 4.90 Å². The van der Waals surface area contributed by atoms with Crippen LogP contribution in [0.5, 0.6) is 0 Å². The summed E-state index contributed by atoms with van der Waals surface area (Å²) in [7, 11) is 0. The standard InChI is InChI=1S/C10H19NO4/c1-9(13)15-8-10(14,7-12)6-11-4-2-3-5-11/h12,14H,2-8H2,1H3. The van der Waals surface area contributed by atoms with E-state index in [0.29, 0.717) is 6.54 Å². The summed E-state index contributed by atoms with van der Waals surface area (Å²) in [6.45, 7) is 2.97. The molecule has 0 aliphatic carbocycles. The molecule has 0 aromatic heterocycles. The van der Waals surface area contributed by atoms with Gasteiger partial charge in [-0.2, -0.15) is 0 Å². The number of hydrogen-bond acceptors (Lipinski definition) is 5. The van der Waals surface area contributed by atoms with E-state index in [1.807, 2.05) is 0 Å². The average molecular weight is 217 g/mol. The minimum atomic E-state index is -1.32. The highest BCUT2D eigenvalue weighted by molar-refractivity contribution is 5.65. The number of ether oxygens (including phenoxy) is 1. The maximum absolute atomic E-state index is 10.6. The Labute approximate surface area is 89.6 Å². The SMILES string of the molecule is CC(=O)OCC(O)(CO)CN1CCCC1. The summed E-state index contributed by atoms with van der Waals surface area (Å²) in [5.41, 5.74) is -1.32. The van der Waals surface area contributed by atoms with Crippen molar-refractivity contribution in [2.75, 3.05) is 32.8 Å². The van der Waals surface area contributed by atoms with Crippen molar-refractivity contribution in [1.82, 2.24) is 4.90 Å². The third-order valence-electron chi connectivity index (χ3n) is 2.56. The Morgan fingerprint density at radius 3 is 2.53 bits per heavy atom. The molecule has 15 heavy (non-hydrogen) atoms. The van der Waals surface area contributed by atoms with Crippen molar-refractivity contribution in [2.24, 2.45) is 0 Å². The van der Waals surface area contributed by atoms with Crippen molar-refractivity contribution < 1.29 is 19.7 Å². The Kier molecular flexibility index (Phi) is 4.50. The lowest BCUT2D eigenvalue weighted by atomic mass is 10.1. The third kappa shape index (κ3) is 4.15. The molecular formula is C10H19NO4. The van der Waals surface area contributed by atoms with Gasteiger partial charge in [0.05, 0.1) is 6.61 Å². The molecule has 1 heterocycles. The summed E-state index contributed by atoms with van der Waals surface area (Å²) in [6, 6.07) is 0. The molecule has 0 bridgehead atoms. The molecule has 0 spiro atoms. The van der Waals surface area contributed by atoms with Gasteiger partial charge in [-0.05, 0) is 25.9 Å². The Morgan fingerprint density at radius 2 is 2.07 bits per heavy atom. The van der Waals surface area contributed by atoms with E-state index in [9.17, 15) is 9.90 Å². The van der Waals surface area contributed by atoms with Crippen LogP contribution in [0, 0.1) is 0 Å². The summed E-state index contributed by atoms with van der Waals surface area (Å²) in [5.74, 6) is -0.441. The first kappa shape index (κ1) is 12.4. The van der Waals surface area contributed by atoms with Crippen LogP contribution >= 0.6 is 0 Å². The fourth-order valence-electron chi connectivity index (χ4n) is 1.73. The molecule has 0 saturated carbocycles. The van der Waals surface area contributed by atoms with Crippen LogP contribution in [-0.2, 0) is 9.53 Å². The molecule has 0 amide bonds. The average Bonchev–Trinajstić information content (AvgIpc) is 2.67. The zero-order chi connectivity index (χ0) is 11.3. The van der Waals surface area contributed by atoms with Crippen molar-refractivity contribution in [1.29, 1.82) is 0 Å². The number of likely N-dealkylation sites (tertiary alicyclic amines) is 1. The molecular weight excluding hydrogens is 198 g/mol. The Bertz CT molecular complexity index is 215. The lowest BCUT2D eigenvalue weighted by molar-refractivity contribution is -0.153. The first-order valence-electron chi connectivity index (χ1n) is 5.25. The molecule has 5 nitrogen and oxygen atoms in total. The van der Waals surface area contributed by atoms with Gasteiger partial charge in [0.25, 0.3) is 0 Å². The molecule has 0 aromatic rings. The summed E-state index contributed by atoms with van der Waals surface area (Å²) < 4.78 is 4.73. The molecule has 88 valence electrons. The van der Waals surface area contributed by atoms with Gasteiger partial charge in [-0.15, -0.1) is 0 Å². The number of nitrogens with zero attached hydrogens (tertiary/aromatic N) is 1. The van der Waals surface area contributed by atoms with Crippen LogP contribution in [0.4, 0.5) is 0 Å². The highest BCUT2D eigenvalue weighted by atomic mass is 16.5. The second kappa shape index (κ2) is 5.44. The van der Waals surface area contributed by atoms with Crippen molar-refractivity contribution >= 4 is 5.97 Å². The highest BCUT2D eigenvalue weighted by Crippen LogP contribution is 2.13. The first-order chi connectivity index (χ1) is 7.06. The van der Waals surface area contributed by atoms with Gasteiger partial charge in [-0.25, -0.2) is 0 Å². The van der Waals surface area contributed by atoms with E-state index in [1.54, 1.807) is 0 Å². The van der Waals surface area contributed by atoms with Gasteiger partial charge in [0.2, 0.25) is 0 Å². The largest absolute Gasteiger partial charge is 0.463 e. The second-order valence-corrected chi connectivity index (χ2v) is 4.15. The summed E-state index contributed by atoms with van der Waals surface area (Å²) >= 11 is 0. The van der Waals surface area contributed by atoms with Crippen LogP contribution in [-0.4, -0.2) is 59.5 Å². The van der Waals surface area contributed by atoms with Crippen molar-refractivity contribution in [3.8, 4) is 0 Å². The fourth-order valence-corrected chi connectivity index (χ4v) is 1.73. The number of aliphatic hydroxyl groups excluding tert-OH is 1. The summed E-state index contributed by atoms with van der Waals surface area (Å²) in [5, 5.41) is 19.1. The smallest absolute Gasteiger partial charge is 0.302 e. The number of carbonyl (C=O) groups is 1. The number of rotatable bonds is 5. The van der Waals surface area contributed by atoms with Gasteiger partial charge in [-0.3, -0.25) is 4.79 Å². The Morgan fingerprint density at radius 1 is 1.47 bits per heavy atom. The van der Waals surface area contributed by atoms with Crippen LogP contribution < -0.4 is 0 Å². The quantitative estimate of drug-likeness (QED) is 0.600. The number of aliphatic hydroxyl groups is 2. The van der Waals surface area contributed by atoms with Gasteiger partial charge in [0, 0.05) is 13.5 Å². The van der Waals surface area contributed by atoms with E-state index in [1.165, 1.54) is 6.92 Å². The minimum absolute atomic E-state index is 0.144. The van der Waals surface area contributed by atoms with Crippen molar-refractivity contribution in [2.45, 2.75) is 25.4 Å². The van der Waals surface area contributed by atoms with Crippen LogP contribution in [0.15, 0.2) is 0 Å². The van der Waals surface area contributed by atoms with Gasteiger partial charge in [0.1, 0.15) is 12.2 Å². The molecule has 1 aliphatic rings. The van der Waals surface area contributed by atoms with Gasteiger partial charge in [0.15, 0.2) is 0 Å². The maximum atomic E-state index is 10.6. The van der Waals surface area contributed by atoms with Gasteiger partial charge < -0.3 is 19.8 Å². The monoisotopic (exact) mass is 217 g/mol. The Hall–Kier alpha value is -0.650. The summed E-state index contributed by atoms with van der Waals surface area (Å²) in [6.07, 6.45) is 2.24. The normalized spacial score (nSPS) is 21.3. The zero-order valence-corrected chi connectivity index (χ0v) is 9.11. The van der Waals surface area contributed by atoms with Crippen LogP contribution in [0.2, 0.25) is 0 Å². The summed E-state index contributed by atoms with van der Waals surface area (Å²) in [4.78, 5) is 12.7. The maximum Gasteiger partial charge on any atom is 0.302 e. The van der Waals surface area contributed by atoms with Gasteiger partial charge in [-0.1, -0.05) is 0 Å². The molecule has 0 radical (unpaired) electrons. The molecule has 1 unspecified atom stereocenters. The van der Waals surface area contributed by atoms with Crippen LogP contribution in [0.3, 0.4) is 0 Å². The van der Waals surface area contributed by atoms with E-state index >= 15 is 0 Å². The molecule has 1 aliphatic heterocycles. The van der Waals surface area contributed by atoms with Gasteiger partial charge >= 0.3 is 5.97 Å². The number of carbonyl (C=O) groups excluding carboxylic acids is 1. The molecule has 1 rings (SSSR count). The van der Waals surface area contributed by atoms with Crippen LogP contribution in [0.25, 0.3) is 0 Å². The molecule has 2 N–H and O–H groups in total. The highest BCUT2D eigenvalue weighted by Gasteiger charge is 2.31. The number of hydrogen-bond donors (Lipinski definition) is 2. The molecule has 1 atom stereocenters.